The molecule has 3 rings (SSSR count). The van der Waals surface area contributed by atoms with E-state index in [0.717, 1.165) is 12.0 Å². The van der Waals surface area contributed by atoms with Crippen LogP contribution in [-0.4, -0.2) is 19.1 Å². The van der Waals surface area contributed by atoms with Crippen molar-refractivity contribution in [2.45, 2.75) is 33.2 Å². The summed E-state index contributed by atoms with van der Waals surface area (Å²) in [6.45, 7) is 7.31. The fraction of sp³-hybridized carbons (Fsp3) is 0.350. The first-order chi connectivity index (χ1) is 11.6. The summed E-state index contributed by atoms with van der Waals surface area (Å²) in [5, 5.41) is 3.12. The smallest absolute Gasteiger partial charge is 0.251 e. The van der Waals surface area contributed by atoms with Crippen molar-refractivity contribution in [3.8, 4) is 11.5 Å². The zero-order chi connectivity index (χ0) is 17.1. The third kappa shape index (κ3) is 3.37. The number of hydrogen-bond acceptors (Lipinski definition) is 3. The molecule has 0 radical (unpaired) electrons. The van der Waals surface area contributed by atoms with Crippen molar-refractivity contribution >= 4 is 5.91 Å². The van der Waals surface area contributed by atoms with Crippen molar-refractivity contribution in [1.82, 2.24) is 5.32 Å². The minimum atomic E-state index is -0.1000. The van der Waals surface area contributed by atoms with Crippen molar-refractivity contribution in [2.24, 2.45) is 0 Å². The summed E-state index contributed by atoms with van der Waals surface area (Å²) < 4.78 is 11.1. The Morgan fingerprint density at radius 3 is 2.50 bits per heavy atom. The van der Waals surface area contributed by atoms with Crippen LogP contribution in [0.3, 0.4) is 0 Å². The van der Waals surface area contributed by atoms with Crippen LogP contribution in [0.15, 0.2) is 36.4 Å². The lowest BCUT2D eigenvalue weighted by molar-refractivity contribution is 0.0934. The van der Waals surface area contributed by atoms with Crippen LogP contribution in [0.2, 0.25) is 0 Å². The molecule has 0 spiro atoms. The highest BCUT2D eigenvalue weighted by molar-refractivity contribution is 5.95. The Morgan fingerprint density at radius 2 is 1.79 bits per heavy atom. The van der Waals surface area contributed by atoms with Crippen molar-refractivity contribution < 1.29 is 14.3 Å². The zero-order valence-electron chi connectivity index (χ0n) is 14.4. The van der Waals surface area contributed by atoms with E-state index in [1.54, 1.807) is 18.2 Å². The molecule has 0 aromatic heterocycles. The van der Waals surface area contributed by atoms with E-state index >= 15 is 0 Å². The Morgan fingerprint density at radius 1 is 1.04 bits per heavy atom. The van der Waals surface area contributed by atoms with Crippen LogP contribution < -0.4 is 14.8 Å². The van der Waals surface area contributed by atoms with Crippen LogP contribution in [0.1, 0.15) is 46.4 Å². The second-order valence-corrected chi connectivity index (χ2v) is 6.14. The van der Waals surface area contributed by atoms with E-state index in [-0.39, 0.29) is 11.9 Å². The highest BCUT2D eigenvalue weighted by Crippen LogP contribution is 2.31. The van der Waals surface area contributed by atoms with Gasteiger partial charge in [0.1, 0.15) is 13.2 Å². The molecular formula is C20H23NO3. The first kappa shape index (κ1) is 16.4. The van der Waals surface area contributed by atoms with Gasteiger partial charge in [-0.1, -0.05) is 25.1 Å². The number of benzene rings is 2. The van der Waals surface area contributed by atoms with Crippen molar-refractivity contribution in [3.05, 3.63) is 58.7 Å². The van der Waals surface area contributed by atoms with Gasteiger partial charge in [0.05, 0.1) is 6.04 Å². The SMILES string of the molecule is CC[C@H](NC(=O)c1ccc2c(c1)OCCO2)c1ccc(C)c(C)c1. The normalized spacial score (nSPS) is 14.1. The van der Waals surface area contributed by atoms with Gasteiger partial charge in [-0.15, -0.1) is 0 Å². The monoisotopic (exact) mass is 325 g/mol. The molecule has 0 saturated carbocycles. The van der Waals surface area contributed by atoms with Crippen LogP contribution in [0, 0.1) is 13.8 Å². The molecule has 0 fully saturated rings. The molecule has 1 heterocycles. The Bertz CT molecular complexity index is 755. The van der Waals surface area contributed by atoms with Crippen LogP contribution in [-0.2, 0) is 0 Å². The number of ether oxygens (including phenoxy) is 2. The summed E-state index contributed by atoms with van der Waals surface area (Å²) in [4.78, 5) is 12.6. The van der Waals surface area contributed by atoms with E-state index in [2.05, 4.69) is 44.3 Å². The molecule has 0 aliphatic carbocycles. The van der Waals surface area contributed by atoms with Gasteiger partial charge in [0.2, 0.25) is 0 Å². The van der Waals surface area contributed by atoms with Gasteiger partial charge in [-0.05, 0) is 55.2 Å². The standard InChI is InChI=1S/C20H23NO3/c1-4-17(15-6-5-13(2)14(3)11-15)21-20(22)16-7-8-18-19(12-16)24-10-9-23-18/h5-8,11-12,17H,4,9-10H2,1-3H3,(H,21,22)/t17-/m0/s1. The lowest BCUT2D eigenvalue weighted by Crippen LogP contribution is -2.28. The van der Waals surface area contributed by atoms with Gasteiger partial charge in [-0.2, -0.15) is 0 Å². The van der Waals surface area contributed by atoms with Crippen LogP contribution in [0.5, 0.6) is 11.5 Å². The third-order valence-corrected chi connectivity index (χ3v) is 4.45. The lowest BCUT2D eigenvalue weighted by Gasteiger charge is -2.21. The molecule has 0 unspecified atom stereocenters. The minimum absolute atomic E-state index is 0.00926. The zero-order valence-corrected chi connectivity index (χ0v) is 14.4. The van der Waals surface area contributed by atoms with Gasteiger partial charge >= 0.3 is 0 Å². The molecule has 1 amide bonds. The lowest BCUT2D eigenvalue weighted by atomic mass is 9.99. The molecule has 24 heavy (non-hydrogen) atoms. The molecule has 0 saturated heterocycles. The number of carbonyl (C=O) groups is 1. The van der Waals surface area contributed by atoms with E-state index in [4.69, 9.17) is 9.47 Å². The molecule has 2 aromatic carbocycles. The van der Waals surface area contributed by atoms with Crippen LogP contribution in [0.4, 0.5) is 0 Å². The number of fused-ring (bicyclic) bond motifs is 1. The molecule has 4 nitrogen and oxygen atoms in total. The highest BCUT2D eigenvalue weighted by atomic mass is 16.6. The van der Waals surface area contributed by atoms with E-state index < -0.39 is 0 Å². The molecule has 4 heteroatoms. The minimum Gasteiger partial charge on any atom is -0.486 e. The summed E-state index contributed by atoms with van der Waals surface area (Å²) >= 11 is 0. The highest BCUT2D eigenvalue weighted by Gasteiger charge is 2.18. The van der Waals surface area contributed by atoms with E-state index in [1.807, 2.05) is 0 Å². The van der Waals surface area contributed by atoms with E-state index in [1.165, 1.54) is 11.1 Å². The Hall–Kier alpha value is -2.49. The summed E-state index contributed by atoms with van der Waals surface area (Å²) in [6.07, 6.45) is 0.832. The number of aryl methyl sites for hydroxylation is 2. The molecule has 1 aliphatic heterocycles. The maximum Gasteiger partial charge on any atom is 0.251 e. The fourth-order valence-corrected chi connectivity index (χ4v) is 2.83. The average molecular weight is 325 g/mol. The van der Waals surface area contributed by atoms with E-state index in [0.29, 0.717) is 30.3 Å². The van der Waals surface area contributed by atoms with Gasteiger partial charge in [0.25, 0.3) is 5.91 Å². The Labute approximate surface area is 142 Å². The second kappa shape index (κ2) is 6.95. The maximum atomic E-state index is 12.6. The third-order valence-electron chi connectivity index (χ3n) is 4.45. The first-order valence-corrected chi connectivity index (χ1v) is 8.36. The van der Waals surface area contributed by atoms with Gasteiger partial charge < -0.3 is 14.8 Å². The van der Waals surface area contributed by atoms with Crippen molar-refractivity contribution in [1.29, 1.82) is 0 Å². The van der Waals surface area contributed by atoms with Gasteiger partial charge in [-0.3, -0.25) is 4.79 Å². The quantitative estimate of drug-likeness (QED) is 0.926. The average Bonchev–Trinajstić information content (AvgIpc) is 2.61. The van der Waals surface area contributed by atoms with Crippen molar-refractivity contribution in [2.75, 3.05) is 13.2 Å². The summed E-state index contributed by atoms with van der Waals surface area (Å²) in [7, 11) is 0. The number of rotatable bonds is 4. The maximum absolute atomic E-state index is 12.6. The second-order valence-electron chi connectivity index (χ2n) is 6.14. The summed E-state index contributed by atoms with van der Waals surface area (Å²) in [5.74, 6) is 1.23. The molecule has 1 atom stereocenters. The number of nitrogens with one attached hydrogen (secondary N) is 1. The molecule has 1 aliphatic rings. The fourth-order valence-electron chi connectivity index (χ4n) is 2.83. The summed E-state index contributed by atoms with van der Waals surface area (Å²) in [5.41, 5.74) is 4.21. The molecule has 2 aromatic rings. The first-order valence-electron chi connectivity index (χ1n) is 8.36. The predicted molar refractivity (Wildman–Crippen MR) is 93.8 cm³/mol. The Balaban J connectivity index is 1.78. The molecule has 1 N–H and O–H groups in total. The Kier molecular flexibility index (Phi) is 4.74. The molecular weight excluding hydrogens is 302 g/mol. The molecule has 126 valence electrons. The number of amides is 1. The topological polar surface area (TPSA) is 47.6 Å². The molecule has 0 bridgehead atoms. The van der Waals surface area contributed by atoms with Crippen molar-refractivity contribution in [3.63, 3.8) is 0 Å². The number of hydrogen-bond donors (Lipinski definition) is 1. The largest absolute Gasteiger partial charge is 0.486 e. The van der Waals surface area contributed by atoms with Crippen LogP contribution in [0.25, 0.3) is 0 Å². The van der Waals surface area contributed by atoms with Gasteiger partial charge in [0.15, 0.2) is 11.5 Å². The van der Waals surface area contributed by atoms with Gasteiger partial charge in [-0.25, -0.2) is 0 Å². The van der Waals surface area contributed by atoms with Crippen LogP contribution >= 0.6 is 0 Å². The van der Waals surface area contributed by atoms with Gasteiger partial charge in [0, 0.05) is 5.56 Å². The predicted octanol–water partition coefficient (Wildman–Crippen LogP) is 3.96. The van der Waals surface area contributed by atoms with E-state index in [9.17, 15) is 4.79 Å². The summed E-state index contributed by atoms with van der Waals surface area (Å²) in [6, 6.07) is 11.6. The number of carbonyl (C=O) groups excluding carboxylic acids is 1.